The lowest BCUT2D eigenvalue weighted by Gasteiger charge is -2.37. The summed E-state index contributed by atoms with van der Waals surface area (Å²) in [5, 5.41) is 0. The number of methoxy groups -OCH3 is 1. The van der Waals surface area contributed by atoms with E-state index in [-0.39, 0.29) is 17.3 Å². The molecule has 6 heteroatoms. The van der Waals surface area contributed by atoms with Gasteiger partial charge in [-0.15, -0.1) is 0 Å². The second kappa shape index (κ2) is 8.85. The van der Waals surface area contributed by atoms with Gasteiger partial charge in [-0.05, 0) is 53.6 Å². The third-order valence-corrected chi connectivity index (χ3v) is 8.59. The van der Waals surface area contributed by atoms with Crippen LogP contribution < -0.4 is 9.64 Å². The van der Waals surface area contributed by atoms with Crippen molar-refractivity contribution < 1.29 is 23.5 Å². The highest BCUT2D eigenvalue weighted by Crippen LogP contribution is 2.61. The molecule has 0 N–H and O–H groups in total. The minimum atomic E-state index is -1.58. The van der Waals surface area contributed by atoms with Crippen molar-refractivity contribution in [2.45, 2.75) is 18.0 Å². The van der Waals surface area contributed by atoms with Crippen LogP contribution in [0.5, 0.6) is 5.75 Å². The summed E-state index contributed by atoms with van der Waals surface area (Å²) >= 11 is 0. The molecule has 3 atom stereocenters. The molecule has 0 aromatic heterocycles. The van der Waals surface area contributed by atoms with Crippen LogP contribution in [0.4, 0.5) is 10.1 Å². The van der Waals surface area contributed by atoms with Gasteiger partial charge in [0.25, 0.3) is 0 Å². The summed E-state index contributed by atoms with van der Waals surface area (Å²) in [6.45, 7) is 0. The SMILES string of the molecule is COc1ccc([C@@H]2[C@H](C(=O)c3ccc(F)cc3)N3c4ccccc4C=C[C@H]3C23C(=O)c2ccccc2C3=O)cc1. The van der Waals surface area contributed by atoms with Crippen LogP contribution in [-0.4, -0.2) is 36.5 Å². The highest BCUT2D eigenvalue weighted by molar-refractivity contribution is 6.32. The number of anilines is 1. The average molecular weight is 530 g/mol. The average Bonchev–Trinajstić information content (AvgIpc) is 3.43. The molecule has 40 heavy (non-hydrogen) atoms. The first kappa shape index (κ1) is 24.2. The van der Waals surface area contributed by atoms with Crippen molar-refractivity contribution in [2.75, 3.05) is 12.0 Å². The zero-order valence-electron chi connectivity index (χ0n) is 21.6. The molecule has 0 amide bonds. The monoisotopic (exact) mass is 529 g/mol. The Labute approximate surface area is 230 Å². The molecule has 1 spiro atoms. The van der Waals surface area contributed by atoms with Gasteiger partial charge in [0, 0.05) is 28.3 Å². The number of benzene rings is 4. The van der Waals surface area contributed by atoms with Crippen molar-refractivity contribution in [3.63, 3.8) is 0 Å². The number of hydrogen-bond donors (Lipinski definition) is 0. The lowest BCUT2D eigenvalue weighted by molar-refractivity contribution is 0.0666. The summed E-state index contributed by atoms with van der Waals surface area (Å²) in [7, 11) is 1.57. The third-order valence-electron chi connectivity index (χ3n) is 8.59. The summed E-state index contributed by atoms with van der Waals surface area (Å²) in [5.41, 5.74) is 1.79. The van der Waals surface area contributed by atoms with E-state index in [1.54, 1.807) is 43.5 Å². The van der Waals surface area contributed by atoms with E-state index in [1.165, 1.54) is 24.3 Å². The number of halogens is 1. The first-order valence-electron chi connectivity index (χ1n) is 13.1. The summed E-state index contributed by atoms with van der Waals surface area (Å²) in [4.78, 5) is 45.6. The molecule has 2 heterocycles. The fourth-order valence-electron chi connectivity index (χ4n) is 6.89. The van der Waals surface area contributed by atoms with Gasteiger partial charge < -0.3 is 9.64 Å². The number of rotatable bonds is 4. The van der Waals surface area contributed by atoms with Gasteiger partial charge in [0.15, 0.2) is 17.3 Å². The van der Waals surface area contributed by atoms with E-state index in [1.807, 2.05) is 53.5 Å². The molecule has 5 nitrogen and oxygen atoms in total. The molecule has 4 aromatic carbocycles. The predicted molar refractivity (Wildman–Crippen MR) is 150 cm³/mol. The quantitative estimate of drug-likeness (QED) is 0.234. The van der Waals surface area contributed by atoms with E-state index in [9.17, 15) is 18.8 Å². The lowest BCUT2D eigenvalue weighted by atomic mass is 9.64. The Bertz CT molecular complexity index is 1690. The van der Waals surface area contributed by atoms with E-state index in [4.69, 9.17) is 4.74 Å². The number of nitrogens with zero attached hydrogens (tertiary/aromatic N) is 1. The van der Waals surface area contributed by atoms with Gasteiger partial charge in [-0.2, -0.15) is 0 Å². The molecule has 0 radical (unpaired) electrons. The number of ether oxygens (including phenoxy) is 1. The summed E-state index contributed by atoms with van der Waals surface area (Å²) < 4.78 is 19.2. The van der Waals surface area contributed by atoms with E-state index in [2.05, 4.69) is 0 Å². The molecular formula is C34H24FNO4. The zero-order valence-corrected chi connectivity index (χ0v) is 21.6. The van der Waals surface area contributed by atoms with Crippen molar-refractivity contribution in [1.29, 1.82) is 0 Å². The molecule has 0 saturated carbocycles. The van der Waals surface area contributed by atoms with Crippen molar-refractivity contribution >= 4 is 29.1 Å². The van der Waals surface area contributed by atoms with E-state index in [0.29, 0.717) is 28.0 Å². The van der Waals surface area contributed by atoms with Crippen LogP contribution in [-0.2, 0) is 0 Å². The van der Waals surface area contributed by atoms with E-state index < -0.39 is 29.2 Å². The maximum Gasteiger partial charge on any atom is 0.185 e. The number of ketones is 3. The first-order chi connectivity index (χ1) is 19.5. The van der Waals surface area contributed by atoms with Crippen LogP contribution in [0.2, 0.25) is 0 Å². The Balaban J connectivity index is 1.53. The molecule has 0 bridgehead atoms. The Morgan fingerprint density at radius 1 is 0.825 bits per heavy atom. The van der Waals surface area contributed by atoms with Crippen LogP contribution >= 0.6 is 0 Å². The number of Topliss-reactive ketones (excluding diaryl/α,β-unsaturated/α-hetero) is 3. The lowest BCUT2D eigenvalue weighted by Crippen LogP contribution is -2.48. The molecule has 7 rings (SSSR count). The van der Waals surface area contributed by atoms with Crippen LogP contribution in [0.3, 0.4) is 0 Å². The predicted octanol–water partition coefficient (Wildman–Crippen LogP) is 6.15. The zero-order chi connectivity index (χ0) is 27.6. The standard InChI is InChI=1S/C34H24FNO4/c1-40-24-17-12-21(13-18-24)29-30(31(37)22-10-15-23(35)16-11-22)36-27-9-5-2-6-20(27)14-19-28(36)34(29)32(38)25-7-3-4-8-26(25)33(34)39/h2-19,28-30H,1H3/t28-,29+,30+/m0/s1. The molecule has 1 fully saturated rings. The first-order valence-corrected chi connectivity index (χ1v) is 13.1. The third kappa shape index (κ3) is 3.16. The van der Waals surface area contributed by atoms with E-state index >= 15 is 0 Å². The topological polar surface area (TPSA) is 63.7 Å². The Morgan fingerprint density at radius 3 is 2.10 bits per heavy atom. The van der Waals surface area contributed by atoms with Gasteiger partial charge in [0.05, 0.1) is 13.2 Å². The normalized spacial score (nSPS) is 21.8. The number of hydrogen-bond acceptors (Lipinski definition) is 5. The Hall–Kier alpha value is -4.84. The summed E-state index contributed by atoms with van der Waals surface area (Å²) in [6.07, 6.45) is 3.82. The highest BCUT2D eigenvalue weighted by Gasteiger charge is 2.71. The molecule has 4 aromatic rings. The van der Waals surface area contributed by atoms with Gasteiger partial charge in [0.2, 0.25) is 0 Å². The number of carbonyl (C=O) groups is 3. The molecule has 1 aliphatic carbocycles. The number of para-hydroxylation sites is 1. The molecule has 196 valence electrons. The largest absolute Gasteiger partial charge is 0.497 e. The van der Waals surface area contributed by atoms with Gasteiger partial charge in [-0.25, -0.2) is 4.39 Å². The van der Waals surface area contributed by atoms with Crippen LogP contribution in [0.1, 0.15) is 48.1 Å². The summed E-state index contributed by atoms with van der Waals surface area (Å²) in [6, 6.07) is 25.6. The summed E-state index contributed by atoms with van der Waals surface area (Å²) in [5.74, 6) is -1.53. The minimum absolute atomic E-state index is 0.288. The number of carbonyl (C=O) groups excluding carboxylic acids is 3. The van der Waals surface area contributed by atoms with Gasteiger partial charge >= 0.3 is 0 Å². The van der Waals surface area contributed by atoms with Crippen molar-refractivity contribution in [2.24, 2.45) is 5.41 Å². The van der Waals surface area contributed by atoms with Crippen LogP contribution in [0.25, 0.3) is 6.08 Å². The van der Waals surface area contributed by atoms with Gasteiger partial charge in [0.1, 0.15) is 23.0 Å². The van der Waals surface area contributed by atoms with Gasteiger partial charge in [-0.1, -0.05) is 66.7 Å². The van der Waals surface area contributed by atoms with Gasteiger partial charge in [-0.3, -0.25) is 14.4 Å². The van der Waals surface area contributed by atoms with Crippen molar-refractivity contribution in [3.8, 4) is 5.75 Å². The fourth-order valence-corrected chi connectivity index (χ4v) is 6.89. The molecular weight excluding hydrogens is 505 g/mol. The van der Waals surface area contributed by atoms with Crippen LogP contribution in [0.15, 0.2) is 103 Å². The maximum atomic E-state index is 14.6. The number of fused-ring (bicyclic) bond motifs is 5. The molecule has 3 aliphatic rings. The maximum absolute atomic E-state index is 14.6. The molecule has 0 unspecified atom stereocenters. The second-order valence-electron chi connectivity index (χ2n) is 10.4. The smallest absolute Gasteiger partial charge is 0.185 e. The van der Waals surface area contributed by atoms with E-state index in [0.717, 1.165) is 11.3 Å². The molecule has 1 saturated heterocycles. The highest BCUT2D eigenvalue weighted by atomic mass is 19.1. The fraction of sp³-hybridized carbons (Fsp3) is 0.147. The Kier molecular flexibility index (Phi) is 5.36. The van der Waals surface area contributed by atoms with Crippen molar-refractivity contribution in [1.82, 2.24) is 0 Å². The molecule has 2 aliphatic heterocycles. The van der Waals surface area contributed by atoms with Crippen molar-refractivity contribution in [3.05, 3.63) is 137 Å². The van der Waals surface area contributed by atoms with Crippen LogP contribution in [0, 0.1) is 11.2 Å². The Morgan fingerprint density at radius 2 is 1.45 bits per heavy atom. The second-order valence-corrected chi connectivity index (χ2v) is 10.4. The minimum Gasteiger partial charge on any atom is -0.497 e.